The summed E-state index contributed by atoms with van der Waals surface area (Å²) in [7, 11) is 0. The van der Waals surface area contributed by atoms with Crippen molar-refractivity contribution in [2.45, 2.75) is 38.9 Å². The van der Waals surface area contributed by atoms with Crippen LogP contribution in [-0.2, 0) is 0 Å². The summed E-state index contributed by atoms with van der Waals surface area (Å²) in [4.78, 5) is 13.9. The zero-order valence-corrected chi connectivity index (χ0v) is 11.7. The molecule has 0 saturated carbocycles. The average molecular weight is 263 g/mol. The maximum absolute atomic E-state index is 12.2. The van der Waals surface area contributed by atoms with Gasteiger partial charge < -0.3 is 14.7 Å². The largest absolute Gasteiger partial charge is 0.491 e. The van der Waals surface area contributed by atoms with Crippen molar-refractivity contribution in [2.75, 3.05) is 13.1 Å². The van der Waals surface area contributed by atoms with Gasteiger partial charge in [0.05, 0.1) is 24.8 Å². The van der Waals surface area contributed by atoms with E-state index in [0.29, 0.717) is 30.8 Å². The van der Waals surface area contributed by atoms with Gasteiger partial charge in [-0.2, -0.15) is 0 Å². The van der Waals surface area contributed by atoms with Gasteiger partial charge in [-0.25, -0.2) is 0 Å². The average Bonchev–Trinajstić information content (AvgIpc) is 2.33. The molecule has 1 aliphatic heterocycles. The van der Waals surface area contributed by atoms with Crippen LogP contribution in [0.25, 0.3) is 0 Å². The summed E-state index contributed by atoms with van der Waals surface area (Å²) >= 11 is 0. The summed E-state index contributed by atoms with van der Waals surface area (Å²) in [6, 6.07) is 7.19. The molecule has 4 heteroatoms. The molecular formula is C15H21NO3. The van der Waals surface area contributed by atoms with Crippen molar-refractivity contribution in [1.82, 2.24) is 4.90 Å². The van der Waals surface area contributed by atoms with Crippen molar-refractivity contribution < 1.29 is 14.6 Å². The summed E-state index contributed by atoms with van der Waals surface area (Å²) in [6.45, 7) is 6.66. The highest BCUT2D eigenvalue weighted by Gasteiger charge is 2.42. The van der Waals surface area contributed by atoms with Gasteiger partial charge in [-0.1, -0.05) is 13.0 Å². The molecule has 2 rings (SSSR count). The lowest BCUT2D eigenvalue weighted by Gasteiger charge is -2.46. The maximum Gasteiger partial charge on any atom is 0.254 e. The molecule has 0 unspecified atom stereocenters. The first-order chi connectivity index (χ1) is 8.93. The Morgan fingerprint density at radius 2 is 2.16 bits per heavy atom. The van der Waals surface area contributed by atoms with Crippen LogP contribution in [0.15, 0.2) is 24.3 Å². The fourth-order valence-corrected chi connectivity index (χ4v) is 2.19. The number of carbonyl (C=O) groups is 1. The van der Waals surface area contributed by atoms with Crippen LogP contribution in [0.1, 0.15) is 37.6 Å². The molecule has 1 aromatic rings. The van der Waals surface area contributed by atoms with Gasteiger partial charge in [0.15, 0.2) is 0 Å². The summed E-state index contributed by atoms with van der Waals surface area (Å²) in [5, 5.41) is 9.94. The lowest BCUT2D eigenvalue weighted by atomic mass is 9.90. The molecule has 1 N–H and O–H groups in total. The summed E-state index contributed by atoms with van der Waals surface area (Å²) in [6.07, 6.45) is 0.757. The number of aliphatic hydroxyl groups is 1. The second kappa shape index (κ2) is 5.21. The number of likely N-dealkylation sites (tertiary alicyclic amines) is 1. The van der Waals surface area contributed by atoms with Crippen LogP contribution in [0.2, 0.25) is 0 Å². The van der Waals surface area contributed by atoms with E-state index in [1.54, 1.807) is 17.0 Å². The Kier molecular flexibility index (Phi) is 3.80. The summed E-state index contributed by atoms with van der Waals surface area (Å²) < 4.78 is 5.58. The van der Waals surface area contributed by atoms with Crippen LogP contribution in [0.5, 0.6) is 5.75 Å². The van der Waals surface area contributed by atoms with Crippen molar-refractivity contribution in [1.29, 1.82) is 0 Å². The van der Waals surface area contributed by atoms with Crippen LogP contribution < -0.4 is 4.74 Å². The van der Waals surface area contributed by atoms with Gasteiger partial charge in [-0.15, -0.1) is 0 Å². The minimum atomic E-state index is -0.693. The van der Waals surface area contributed by atoms with E-state index in [2.05, 4.69) is 0 Å². The molecule has 4 nitrogen and oxygen atoms in total. The van der Waals surface area contributed by atoms with Crippen molar-refractivity contribution in [2.24, 2.45) is 0 Å². The second-order valence-corrected chi connectivity index (χ2v) is 5.43. The Balaban J connectivity index is 2.04. The van der Waals surface area contributed by atoms with Crippen molar-refractivity contribution in [3.05, 3.63) is 29.8 Å². The van der Waals surface area contributed by atoms with Gasteiger partial charge in [-0.3, -0.25) is 4.79 Å². The van der Waals surface area contributed by atoms with Crippen LogP contribution in [0, 0.1) is 0 Å². The monoisotopic (exact) mass is 263 g/mol. The number of amides is 1. The molecular weight excluding hydrogens is 242 g/mol. The molecule has 104 valence electrons. The molecule has 1 saturated heterocycles. The zero-order valence-electron chi connectivity index (χ0n) is 11.7. The molecule has 1 heterocycles. The number of hydrogen-bond donors (Lipinski definition) is 1. The first-order valence-electron chi connectivity index (χ1n) is 6.72. The van der Waals surface area contributed by atoms with E-state index in [0.717, 1.165) is 0 Å². The molecule has 1 aromatic carbocycles. The summed E-state index contributed by atoms with van der Waals surface area (Å²) in [5.74, 6) is 0.652. The minimum absolute atomic E-state index is 0.0488. The van der Waals surface area contributed by atoms with Gasteiger partial charge in [0, 0.05) is 5.56 Å². The smallest absolute Gasteiger partial charge is 0.254 e. The number of β-amino-alcohol motifs (C(OH)–C–C–N with tert-alkyl or cyclic N) is 1. The number of ether oxygens (including phenoxy) is 1. The maximum atomic E-state index is 12.2. The number of rotatable bonds is 4. The van der Waals surface area contributed by atoms with Gasteiger partial charge in [-0.05, 0) is 38.5 Å². The Morgan fingerprint density at radius 1 is 1.47 bits per heavy atom. The zero-order chi connectivity index (χ0) is 14.0. The van der Waals surface area contributed by atoms with Crippen molar-refractivity contribution in [3.8, 4) is 5.75 Å². The molecule has 19 heavy (non-hydrogen) atoms. The molecule has 0 aromatic heterocycles. The molecule has 1 amide bonds. The topological polar surface area (TPSA) is 49.8 Å². The lowest BCUT2D eigenvalue weighted by Crippen LogP contribution is -2.63. The van der Waals surface area contributed by atoms with E-state index in [1.165, 1.54) is 0 Å². The van der Waals surface area contributed by atoms with E-state index in [1.807, 2.05) is 32.9 Å². The van der Waals surface area contributed by atoms with E-state index in [4.69, 9.17) is 4.74 Å². The third-order valence-corrected chi connectivity index (χ3v) is 3.37. The quantitative estimate of drug-likeness (QED) is 0.904. The SMILES string of the molecule is CCC1(O)CN(C(=O)c2cccc(OC(C)C)c2)C1. The van der Waals surface area contributed by atoms with Crippen LogP contribution in [-0.4, -0.2) is 40.7 Å². The van der Waals surface area contributed by atoms with E-state index in [-0.39, 0.29) is 12.0 Å². The van der Waals surface area contributed by atoms with E-state index < -0.39 is 5.60 Å². The molecule has 0 atom stereocenters. The Labute approximate surface area is 114 Å². The number of nitrogens with zero attached hydrogens (tertiary/aromatic N) is 1. The second-order valence-electron chi connectivity index (χ2n) is 5.43. The van der Waals surface area contributed by atoms with Gasteiger partial charge >= 0.3 is 0 Å². The number of carbonyl (C=O) groups excluding carboxylic acids is 1. The van der Waals surface area contributed by atoms with Gasteiger partial charge in [0.1, 0.15) is 5.75 Å². The molecule has 0 aliphatic carbocycles. The molecule has 0 radical (unpaired) electrons. The fourth-order valence-electron chi connectivity index (χ4n) is 2.19. The number of benzene rings is 1. The predicted octanol–water partition coefficient (Wildman–Crippen LogP) is 2.07. The Hall–Kier alpha value is -1.55. The van der Waals surface area contributed by atoms with Crippen LogP contribution in [0.3, 0.4) is 0 Å². The third kappa shape index (κ3) is 3.07. The first kappa shape index (κ1) is 13.9. The highest BCUT2D eigenvalue weighted by atomic mass is 16.5. The normalized spacial score (nSPS) is 17.2. The van der Waals surface area contributed by atoms with Crippen molar-refractivity contribution in [3.63, 3.8) is 0 Å². The van der Waals surface area contributed by atoms with E-state index in [9.17, 15) is 9.90 Å². The molecule has 0 bridgehead atoms. The Morgan fingerprint density at radius 3 is 2.74 bits per heavy atom. The molecule has 1 aliphatic rings. The molecule has 0 spiro atoms. The fraction of sp³-hybridized carbons (Fsp3) is 0.533. The first-order valence-corrected chi connectivity index (χ1v) is 6.72. The van der Waals surface area contributed by atoms with Crippen LogP contribution in [0.4, 0.5) is 0 Å². The lowest BCUT2D eigenvalue weighted by molar-refractivity contribution is -0.0826. The van der Waals surface area contributed by atoms with Gasteiger partial charge in [0.25, 0.3) is 5.91 Å². The van der Waals surface area contributed by atoms with Crippen molar-refractivity contribution >= 4 is 5.91 Å². The highest BCUT2D eigenvalue weighted by Crippen LogP contribution is 2.26. The summed E-state index contributed by atoms with van der Waals surface area (Å²) in [5.41, 5.74) is -0.0851. The number of hydrogen-bond acceptors (Lipinski definition) is 3. The highest BCUT2D eigenvalue weighted by molar-refractivity contribution is 5.95. The Bertz CT molecular complexity index is 464. The van der Waals surface area contributed by atoms with Crippen LogP contribution >= 0.6 is 0 Å². The third-order valence-electron chi connectivity index (χ3n) is 3.37. The molecule has 1 fully saturated rings. The van der Waals surface area contributed by atoms with E-state index >= 15 is 0 Å². The van der Waals surface area contributed by atoms with Gasteiger partial charge in [0.2, 0.25) is 0 Å². The standard InChI is InChI=1S/C15H21NO3/c1-4-15(18)9-16(10-15)14(17)12-6-5-7-13(8-12)19-11(2)3/h5-8,11,18H,4,9-10H2,1-3H3. The predicted molar refractivity (Wildman–Crippen MR) is 73.4 cm³/mol. The minimum Gasteiger partial charge on any atom is -0.491 e.